The number of aromatic nitrogens is 4. The van der Waals surface area contributed by atoms with E-state index in [-0.39, 0.29) is 5.41 Å². The lowest BCUT2D eigenvalue weighted by Crippen LogP contribution is -2.26. The van der Waals surface area contributed by atoms with E-state index in [0.717, 1.165) is 61.1 Å². The Hall–Kier alpha value is -5.42. The van der Waals surface area contributed by atoms with Crippen LogP contribution in [0, 0.1) is 0 Å². The lowest BCUT2D eigenvalue weighted by atomic mass is 9.75. The van der Waals surface area contributed by atoms with Crippen LogP contribution < -0.4 is 0 Å². The summed E-state index contributed by atoms with van der Waals surface area (Å²) in [7, 11) is 0. The number of hydrogen-bond donors (Lipinski definition) is 0. The Morgan fingerprint density at radius 1 is 0.548 bits per heavy atom. The van der Waals surface area contributed by atoms with E-state index in [9.17, 15) is 0 Å². The van der Waals surface area contributed by atoms with Gasteiger partial charge in [0.1, 0.15) is 22.5 Å². The first kappa shape index (κ1) is 23.3. The van der Waals surface area contributed by atoms with Crippen molar-refractivity contribution in [2.24, 2.45) is 0 Å². The first-order chi connectivity index (χ1) is 20.6. The molecule has 200 valence electrons. The van der Waals surface area contributed by atoms with Crippen molar-refractivity contribution in [2.45, 2.75) is 19.3 Å². The molecule has 5 heteroatoms. The zero-order valence-electron chi connectivity index (χ0n) is 23.2. The highest BCUT2D eigenvalue weighted by Crippen LogP contribution is 2.43. The average Bonchev–Trinajstić information content (AvgIpc) is 3.35. The Labute approximate surface area is 241 Å². The van der Waals surface area contributed by atoms with E-state index in [1.807, 2.05) is 12.1 Å². The Bertz CT molecular complexity index is 2510. The monoisotopic (exact) mass is 542 g/mol. The molecule has 5 heterocycles. The highest BCUT2D eigenvalue weighted by Gasteiger charge is 2.32. The zero-order chi connectivity index (χ0) is 28.0. The molecule has 4 aromatic carbocycles. The molecule has 1 aliphatic heterocycles. The number of para-hydroxylation sites is 2. The Balaban J connectivity index is 1.57. The molecule has 0 spiro atoms. The van der Waals surface area contributed by atoms with Crippen LogP contribution in [0.15, 0.2) is 126 Å². The number of fused-ring (bicyclic) bond motifs is 14. The number of nitrogens with zero attached hydrogens (tertiary/aromatic N) is 4. The van der Waals surface area contributed by atoms with E-state index in [4.69, 9.17) is 14.4 Å². The Morgan fingerprint density at radius 3 is 2.07 bits per heavy atom. The maximum absolute atomic E-state index is 6.61. The Kier molecular flexibility index (Phi) is 4.61. The molecular formula is C37H26N4O. The summed E-state index contributed by atoms with van der Waals surface area (Å²) in [5.74, 6) is 0. The maximum atomic E-state index is 6.61. The molecule has 0 radical (unpaired) electrons. The lowest BCUT2D eigenvalue weighted by molar-refractivity contribution is 0.624. The molecule has 5 nitrogen and oxygen atoms in total. The van der Waals surface area contributed by atoms with E-state index in [2.05, 4.69) is 132 Å². The van der Waals surface area contributed by atoms with Gasteiger partial charge in [-0.1, -0.05) is 68.4 Å². The fourth-order valence-electron chi connectivity index (χ4n) is 6.78. The predicted octanol–water partition coefficient (Wildman–Crippen LogP) is 9.20. The summed E-state index contributed by atoms with van der Waals surface area (Å²) in [6.45, 7) is 4.58. The largest absolute Gasteiger partial charge is 0.457 e. The van der Waals surface area contributed by atoms with Crippen LogP contribution in [0.5, 0.6) is 0 Å². The molecule has 42 heavy (non-hydrogen) atoms. The topological polar surface area (TPSA) is 48.3 Å². The van der Waals surface area contributed by atoms with Crippen LogP contribution in [0.4, 0.5) is 0 Å². The molecule has 0 unspecified atom stereocenters. The standard InChI is InChI=1S/C37H26N4O/c1-37(2)27-10-4-6-14-32(27)41-34-22-24(18-20-28(34)37)42-23-17-19-26-25-9-3-5-13-31(25)40(33(26)21-23)35-15-7-11-29(38-35)30-12-8-16-36(41)39-30/h3-22H,1-2H3. The fourth-order valence-corrected chi connectivity index (χ4v) is 6.78. The van der Waals surface area contributed by atoms with Gasteiger partial charge in [0.05, 0.1) is 33.3 Å². The van der Waals surface area contributed by atoms with Gasteiger partial charge >= 0.3 is 0 Å². The van der Waals surface area contributed by atoms with E-state index in [1.165, 1.54) is 16.5 Å². The average molecular weight is 543 g/mol. The normalized spacial score (nSPS) is 13.7. The second-order valence-corrected chi connectivity index (χ2v) is 11.6. The molecule has 1 aliphatic rings. The molecule has 0 saturated heterocycles. The van der Waals surface area contributed by atoms with Crippen LogP contribution in [0.25, 0.3) is 66.5 Å². The minimum Gasteiger partial charge on any atom is -0.457 e. The van der Waals surface area contributed by atoms with Crippen LogP contribution in [-0.2, 0) is 5.41 Å². The van der Waals surface area contributed by atoms with Gasteiger partial charge in [0.15, 0.2) is 0 Å². The van der Waals surface area contributed by atoms with Gasteiger partial charge in [0.2, 0.25) is 0 Å². The molecule has 4 aromatic heterocycles. The smallest absolute Gasteiger partial charge is 0.138 e. The van der Waals surface area contributed by atoms with Crippen LogP contribution >= 0.6 is 0 Å². The van der Waals surface area contributed by atoms with Crippen LogP contribution in [0.2, 0.25) is 0 Å². The summed E-state index contributed by atoms with van der Waals surface area (Å²) in [6, 6.07) is 42.2. The molecule has 0 N–H and O–H groups in total. The molecule has 0 saturated carbocycles. The lowest BCUT2D eigenvalue weighted by Gasteiger charge is -2.35. The van der Waals surface area contributed by atoms with Crippen molar-refractivity contribution in [1.82, 2.24) is 18.9 Å². The zero-order valence-corrected chi connectivity index (χ0v) is 23.2. The second kappa shape index (κ2) is 8.30. The van der Waals surface area contributed by atoms with Crippen molar-refractivity contribution in [3.05, 3.63) is 132 Å². The van der Waals surface area contributed by atoms with E-state index in [1.54, 1.807) is 0 Å². The second-order valence-electron chi connectivity index (χ2n) is 11.6. The highest BCUT2D eigenvalue weighted by atomic mass is 16.3. The van der Waals surface area contributed by atoms with Gasteiger partial charge < -0.3 is 4.42 Å². The molecule has 8 aromatic rings. The third-order valence-electron chi connectivity index (χ3n) is 8.77. The molecule has 0 fully saturated rings. The van der Waals surface area contributed by atoms with E-state index in [0.29, 0.717) is 0 Å². The molecule has 8 bridgehead atoms. The summed E-state index contributed by atoms with van der Waals surface area (Å²) in [5, 5.41) is 2.34. The van der Waals surface area contributed by atoms with Crippen LogP contribution in [-0.4, -0.2) is 18.9 Å². The first-order valence-corrected chi connectivity index (χ1v) is 14.3. The predicted molar refractivity (Wildman–Crippen MR) is 171 cm³/mol. The van der Waals surface area contributed by atoms with Gasteiger partial charge in [0.25, 0.3) is 0 Å². The van der Waals surface area contributed by atoms with Crippen LogP contribution in [0.3, 0.4) is 0 Å². The molecule has 0 aliphatic carbocycles. The molecule has 0 amide bonds. The summed E-state index contributed by atoms with van der Waals surface area (Å²) in [4.78, 5) is 10.4. The summed E-state index contributed by atoms with van der Waals surface area (Å²) >= 11 is 0. The minimum atomic E-state index is -0.197. The molecular weight excluding hydrogens is 516 g/mol. The third-order valence-corrected chi connectivity index (χ3v) is 8.77. The summed E-state index contributed by atoms with van der Waals surface area (Å²) in [5.41, 5.74) is 11.5. The number of pyridine rings is 2. The highest BCUT2D eigenvalue weighted by molar-refractivity contribution is 6.09. The van der Waals surface area contributed by atoms with Crippen molar-refractivity contribution in [1.29, 1.82) is 0 Å². The number of hydrogen-bond acceptors (Lipinski definition) is 3. The summed E-state index contributed by atoms with van der Waals surface area (Å²) < 4.78 is 11.1. The SMILES string of the molecule is CC1(C)c2ccccc2-n2c3cccc(n3)c3cccc(n3)n3c4ccccc4c4ccc(cc43)oc3ccc1c2c3. The van der Waals surface area contributed by atoms with Gasteiger partial charge in [-0.15, -0.1) is 0 Å². The van der Waals surface area contributed by atoms with Crippen molar-refractivity contribution in [3.8, 4) is 5.69 Å². The van der Waals surface area contributed by atoms with E-state index >= 15 is 0 Å². The quantitative estimate of drug-likeness (QED) is 0.192. The summed E-state index contributed by atoms with van der Waals surface area (Å²) in [6.07, 6.45) is 0. The maximum Gasteiger partial charge on any atom is 0.138 e. The molecule has 9 rings (SSSR count). The van der Waals surface area contributed by atoms with Gasteiger partial charge in [-0.25, -0.2) is 9.97 Å². The molecule has 0 atom stereocenters. The van der Waals surface area contributed by atoms with Gasteiger partial charge in [-0.05, 0) is 65.7 Å². The van der Waals surface area contributed by atoms with Crippen molar-refractivity contribution < 1.29 is 4.42 Å². The van der Waals surface area contributed by atoms with Crippen molar-refractivity contribution in [2.75, 3.05) is 0 Å². The van der Waals surface area contributed by atoms with Crippen molar-refractivity contribution in [3.63, 3.8) is 0 Å². The Morgan fingerprint density at radius 2 is 1.21 bits per heavy atom. The van der Waals surface area contributed by atoms with Crippen LogP contribution in [0.1, 0.15) is 25.0 Å². The fraction of sp³-hybridized carbons (Fsp3) is 0.0811. The van der Waals surface area contributed by atoms with Gasteiger partial charge in [-0.3, -0.25) is 8.97 Å². The van der Waals surface area contributed by atoms with Gasteiger partial charge in [-0.2, -0.15) is 0 Å². The number of benzene rings is 4. The number of rotatable bonds is 0. The minimum absolute atomic E-state index is 0.197. The first-order valence-electron chi connectivity index (χ1n) is 14.3. The van der Waals surface area contributed by atoms with Gasteiger partial charge in [0, 0.05) is 28.3 Å². The van der Waals surface area contributed by atoms with Crippen molar-refractivity contribution >= 4 is 60.8 Å². The third kappa shape index (κ3) is 3.19. The van der Waals surface area contributed by atoms with E-state index < -0.39 is 0 Å².